The Morgan fingerprint density at radius 2 is 1.33 bits per heavy atom. The second-order valence-corrected chi connectivity index (χ2v) is 6.24. The van der Waals surface area contributed by atoms with Crippen molar-refractivity contribution >= 4 is 39.7 Å². The number of carbonyl (C=O) groups is 1. The van der Waals surface area contributed by atoms with Crippen molar-refractivity contribution < 1.29 is 4.79 Å². The Bertz CT molecular complexity index is 837. The third-order valence-electron chi connectivity index (χ3n) is 3.54. The molecule has 3 heteroatoms. The first-order valence-corrected chi connectivity index (χ1v) is 8.40. The second-order valence-electron chi connectivity index (χ2n) is 5.33. The van der Waals surface area contributed by atoms with E-state index in [1.54, 1.807) is 12.1 Å². The van der Waals surface area contributed by atoms with Gasteiger partial charge < -0.3 is 5.32 Å². The van der Waals surface area contributed by atoms with Crippen LogP contribution in [0.4, 0.5) is 5.69 Å². The predicted molar refractivity (Wildman–Crippen MR) is 104 cm³/mol. The highest BCUT2D eigenvalue weighted by Gasteiger charge is 2.05. The molecule has 0 radical (unpaired) electrons. The first-order valence-electron chi connectivity index (χ1n) is 7.61. The Labute approximate surface area is 150 Å². The number of halogens is 1. The molecule has 0 unspecified atom stereocenters. The summed E-state index contributed by atoms with van der Waals surface area (Å²) >= 11 is 3.36. The summed E-state index contributed by atoms with van der Waals surface area (Å²) in [6, 6.07) is 25.2. The fourth-order valence-corrected chi connectivity index (χ4v) is 2.50. The summed E-state index contributed by atoms with van der Waals surface area (Å²) in [5.41, 5.74) is 3.65. The SMILES string of the molecule is O=C(Nc1ccc(/C=C/c2ccccc2)cc1)c1ccc(Br)cc1. The summed E-state index contributed by atoms with van der Waals surface area (Å²) in [4.78, 5) is 12.2. The van der Waals surface area contributed by atoms with Crippen molar-refractivity contribution in [1.82, 2.24) is 0 Å². The first-order chi connectivity index (χ1) is 11.7. The normalized spacial score (nSPS) is 10.7. The molecule has 0 aliphatic carbocycles. The number of nitrogens with one attached hydrogen (secondary N) is 1. The van der Waals surface area contributed by atoms with Crippen molar-refractivity contribution in [2.75, 3.05) is 5.32 Å². The molecule has 0 atom stereocenters. The van der Waals surface area contributed by atoms with Crippen molar-refractivity contribution in [3.63, 3.8) is 0 Å². The Hall–Kier alpha value is -2.65. The van der Waals surface area contributed by atoms with Gasteiger partial charge in [-0.15, -0.1) is 0 Å². The lowest BCUT2D eigenvalue weighted by Gasteiger charge is -2.06. The van der Waals surface area contributed by atoms with E-state index < -0.39 is 0 Å². The van der Waals surface area contributed by atoms with E-state index >= 15 is 0 Å². The molecule has 24 heavy (non-hydrogen) atoms. The Kier molecular flexibility index (Phi) is 5.24. The van der Waals surface area contributed by atoms with E-state index in [0.29, 0.717) is 5.56 Å². The van der Waals surface area contributed by atoms with Gasteiger partial charge in [-0.05, 0) is 47.5 Å². The van der Waals surface area contributed by atoms with E-state index in [1.807, 2.05) is 54.6 Å². The third kappa shape index (κ3) is 4.43. The average Bonchev–Trinajstić information content (AvgIpc) is 2.62. The maximum Gasteiger partial charge on any atom is 0.255 e. The van der Waals surface area contributed by atoms with Crippen LogP contribution in [0.1, 0.15) is 21.5 Å². The fourth-order valence-electron chi connectivity index (χ4n) is 2.24. The van der Waals surface area contributed by atoms with E-state index in [9.17, 15) is 4.79 Å². The number of carbonyl (C=O) groups excluding carboxylic acids is 1. The second kappa shape index (κ2) is 7.75. The maximum atomic E-state index is 12.2. The summed E-state index contributed by atoms with van der Waals surface area (Å²) in [5.74, 6) is -0.116. The minimum absolute atomic E-state index is 0.116. The van der Waals surface area contributed by atoms with Gasteiger partial charge in [0.1, 0.15) is 0 Å². The minimum Gasteiger partial charge on any atom is -0.322 e. The molecule has 1 amide bonds. The monoisotopic (exact) mass is 377 g/mol. The van der Waals surface area contributed by atoms with Gasteiger partial charge in [0.05, 0.1) is 0 Å². The lowest BCUT2D eigenvalue weighted by Crippen LogP contribution is -2.11. The van der Waals surface area contributed by atoms with Gasteiger partial charge in [0.2, 0.25) is 0 Å². The van der Waals surface area contributed by atoms with E-state index in [4.69, 9.17) is 0 Å². The molecule has 2 nitrogen and oxygen atoms in total. The summed E-state index contributed by atoms with van der Waals surface area (Å²) in [6.45, 7) is 0. The van der Waals surface area contributed by atoms with Crippen molar-refractivity contribution in [3.8, 4) is 0 Å². The van der Waals surface area contributed by atoms with Gasteiger partial charge in [0, 0.05) is 15.7 Å². The van der Waals surface area contributed by atoms with E-state index in [0.717, 1.165) is 21.3 Å². The zero-order valence-electron chi connectivity index (χ0n) is 12.9. The molecule has 118 valence electrons. The van der Waals surface area contributed by atoms with Gasteiger partial charge in [-0.25, -0.2) is 0 Å². The van der Waals surface area contributed by atoms with Crippen molar-refractivity contribution in [1.29, 1.82) is 0 Å². The van der Waals surface area contributed by atoms with Gasteiger partial charge in [-0.3, -0.25) is 4.79 Å². The van der Waals surface area contributed by atoms with Crippen molar-refractivity contribution in [2.24, 2.45) is 0 Å². The maximum absolute atomic E-state index is 12.2. The predicted octanol–water partition coefficient (Wildman–Crippen LogP) is 5.87. The average molecular weight is 378 g/mol. The third-order valence-corrected chi connectivity index (χ3v) is 4.07. The topological polar surface area (TPSA) is 29.1 Å². The number of amides is 1. The molecule has 3 rings (SSSR count). The number of anilines is 1. The van der Waals surface area contributed by atoms with Crippen LogP contribution in [-0.4, -0.2) is 5.91 Å². The van der Waals surface area contributed by atoms with Crippen LogP contribution >= 0.6 is 15.9 Å². The molecule has 0 aliphatic heterocycles. The van der Waals surface area contributed by atoms with Gasteiger partial charge in [-0.2, -0.15) is 0 Å². The van der Waals surface area contributed by atoms with Gasteiger partial charge in [-0.1, -0.05) is 70.5 Å². The van der Waals surface area contributed by atoms with Gasteiger partial charge >= 0.3 is 0 Å². The largest absolute Gasteiger partial charge is 0.322 e. The van der Waals surface area contributed by atoms with E-state index in [2.05, 4.69) is 45.5 Å². The highest BCUT2D eigenvalue weighted by molar-refractivity contribution is 9.10. The summed E-state index contributed by atoms with van der Waals surface area (Å²) < 4.78 is 0.952. The van der Waals surface area contributed by atoms with Crippen molar-refractivity contribution in [2.45, 2.75) is 0 Å². The summed E-state index contributed by atoms with van der Waals surface area (Å²) in [6.07, 6.45) is 4.12. The van der Waals surface area contributed by atoms with Crippen LogP contribution in [0, 0.1) is 0 Å². The van der Waals surface area contributed by atoms with Crippen LogP contribution in [0.2, 0.25) is 0 Å². The smallest absolute Gasteiger partial charge is 0.255 e. The fraction of sp³-hybridized carbons (Fsp3) is 0. The Morgan fingerprint density at radius 3 is 1.96 bits per heavy atom. The molecule has 0 saturated heterocycles. The van der Waals surface area contributed by atoms with Crippen LogP contribution in [-0.2, 0) is 0 Å². The minimum atomic E-state index is -0.116. The Balaban J connectivity index is 1.65. The number of hydrogen-bond donors (Lipinski definition) is 1. The highest BCUT2D eigenvalue weighted by atomic mass is 79.9. The Morgan fingerprint density at radius 1 is 0.750 bits per heavy atom. The number of hydrogen-bond acceptors (Lipinski definition) is 1. The van der Waals surface area contributed by atoms with Crippen LogP contribution in [0.3, 0.4) is 0 Å². The molecular weight excluding hydrogens is 362 g/mol. The number of rotatable bonds is 4. The van der Waals surface area contributed by atoms with Crippen LogP contribution in [0.5, 0.6) is 0 Å². The zero-order valence-corrected chi connectivity index (χ0v) is 14.5. The molecular formula is C21H16BrNO. The molecule has 0 heterocycles. The molecule has 0 spiro atoms. The molecule has 3 aromatic rings. The van der Waals surface area contributed by atoms with Crippen molar-refractivity contribution in [3.05, 3.63) is 100 Å². The first kappa shape index (κ1) is 16.2. The molecule has 1 N–H and O–H groups in total. The standard InChI is InChI=1S/C21H16BrNO/c22-19-12-10-18(11-13-19)21(24)23-20-14-8-17(9-15-20)7-6-16-4-2-1-3-5-16/h1-15H,(H,23,24)/b7-6+. The summed E-state index contributed by atoms with van der Waals surface area (Å²) in [5, 5.41) is 2.90. The van der Waals surface area contributed by atoms with Crippen LogP contribution in [0.15, 0.2) is 83.3 Å². The van der Waals surface area contributed by atoms with E-state index in [-0.39, 0.29) is 5.91 Å². The number of benzene rings is 3. The molecule has 3 aromatic carbocycles. The van der Waals surface area contributed by atoms with E-state index in [1.165, 1.54) is 0 Å². The quantitative estimate of drug-likeness (QED) is 0.565. The van der Waals surface area contributed by atoms with Gasteiger partial charge in [0.25, 0.3) is 5.91 Å². The molecule has 0 fully saturated rings. The molecule has 0 aromatic heterocycles. The zero-order chi connectivity index (χ0) is 16.8. The van der Waals surface area contributed by atoms with Crippen LogP contribution < -0.4 is 5.32 Å². The highest BCUT2D eigenvalue weighted by Crippen LogP contribution is 2.15. The lowest BCUT2D eigenvalue weighted by atomic mass is 10.1. The summed E-state index contributed by atoms with van der Waals surface area (Å²) in [7, 11) is 0. The molecule has 0 bridgehead atoms. The van der Waals surface area contributed by atoms with Gasteiger partial charge in [0.15, 0.2) is 0 Å². The lowest BCUT2D eigenvalue weighted by molar-refractivity contribution is 0.102. The van der Waals surface area contributed by atoms with Crippen LogP contribution in [0.25, 0.3) is 12.2 Å². The molecule has 0 saturated carbocycles. The molecule has 0 aliphatic rings.